The number of halogens is 1. The molecule has 0 bridgehead atoms. The maximum atomic E-state index is 5.36. The highest BCUT2D eigenvalue weighted by molar-refractivity contribution is 14.0. The van der Waals surface area contributed by atoms with Gasteiger partial charge in [0.1, 0.15) is 0 Å². The van der Waals surface area contributed by atoms with Crippen LogP contribution in [0.25, 0.3) is 0 Å². The zero-order valence-electron chi connectivity index (χ0n) is 16.5. The maximum absolute atomic E-state index is 5.36. The first-order chi connectivity index (χ1) is 12.3. The van der Waals surface area contributed by atoms with Crippen molar-refractivity contribution >= 4 is 29.9 Å². The third-order valence-corrected chi connectivity index (χ3v) is 4.86. The molecule has 2 rings (SSSR count). The first-order valence-corrected chi connectivity index (χ1v) is 9.83. The largest absolute Gasteiger partial charge is 0.385 e. The molecule has 6 nitrogen and oxygen atoms in total. The van der Waals surface area contributed by atoms with Gasteiger partial charge >= 0.3 is 0 Å². The van der Waals surface area contributed by atoms with E-state index in [1.165, 1.54) is 18.4 Å². The van der Waals surface area contributed by atoms with Gasteiger partial charge in [0.25, 0.3) is 0 Å². The monoisotopic (exact) mass is 480 g/mol. The number of guanidine groups is 1. The number of nitrogens with zero attached hydrogens (tertiary/aromatic N) is 2. The van der Waals surface area contributed by atoms with Gasteiger partial charge in [0.2, 0.25) is 0 Å². The van der Waals surface area contributed by atoms with E-state index in [4.69, 9.17) is 14.5 Å². The second kappa shape index (κ2) is 14.6. The van der Waals surface area contributed by atoms with Gasteiger partial charge in [-0.05, 0) is 39.0 Å². The van der Waals surface area contributed by atoms with Crippen LogP contribution in [0.2, 0.25) is 0 Å². The molecule has 0 aromatic rings. The number of methoxy groups -OCH3 is 1. The lowest BCUT2D eigenvalue weighted by molar-refractivity contribution is 0.153. The molecule has 0 spiro atoms. The number of aliphatic imine (C=N–C) groups is 1. The highest BCUT2D eigenvalue weighted by Crippen LogP contribution is 2.12. The Hall–Kier alpha value is -0.380. The van der Waals surface area contributed by atoms with Crippen molar-refractivity contribution in [3.63, 3.8) is 0 Å². The van der Waals surface area contributed by atoms with Crippen LogP contribution in [-0.4, -0.2) is 76.6 Å². The maximum Gasteiger partial charge on any atom is 0.191 e. The number of ether oxygens (including phenoxy) is 2. The van der Waals surface area contributed by atoms with E-state index in [2.05, 4.69) is 28.5 Å². The van der Waals surface area contributed by atoms with Crippen LogP contribution < -0.4 is 10.6 Å². The van der Waals surface area contributed by atoms with Crippen LogP contribution in [0.15, 0.2) is 16.6 Å². The molecule has 1 saturated heterocycles. The van der Waals surface area contributed by atoms with Gasteiger partial charge in [-0.3, -0.25) is 4.99 Å². The SMILES string of the molecule is CCNC(=NCCC1=CCOCC1)NC1CCN(CCCOC)CC1.I. The molecule has 0 unspecified atom stereocenters. The molecular formula is C19H37IN4O2. The standard InChI is InChI=1S/C19H36N4O2.HI/c1-3-20-19(21-10-5-17-8-15-25-16-9-17)22-18-6-12-23(13-7-18)11-4-14-24-2;/h8,18H,3-7,9-16H2,1-2H3,(H2,20,21,22);1H. The van der Waals surface area contributed by atoms with Crippen LogP contribution in [-0.2, 0) is 9.47 Å². The first-order valence-electron chi connectivity index (χ1n) is 9.83. The number of rotatable bonds is 9. The van der Waals surface area contributed by atoms with E-state index in [-0.39, 0.29) is 24.0 Å². The Kier molecular flexibility index (Phi) is 13.3. The molecule has 1 fully saturated rings. The molecule has 2 heterocycles. The normalized spacial score (nSPS) is 19.6. The molecule has 2 aliphatic heterocycles. The summed E-state index contributed by atoms with van der Waals surface area (Å²) in [7, 11) is 1.77. The van der Waals surface area contributed by atoms with Gasteiger partial charge in [0.15, 0.2) is 5.96 Å². The van der Waals surface area contributed by atoms with Crippen LogP contribution in [0.4, 0.5) is 0 Å². The summed E-state index contributed by atoms with van der Waals surface area (Å²) in [6, 6.07) is 0.527. The zero-order chi connectivity index (χ0) is 17.7. The van der Waals surface area contributed by atoms with Crippen molar-refractivity contribution in [1.82, 2.24) is 15.5 Å². The minimum absolute atomic E-state index is 0. The summed E-state index contributed by atoms with van der Waals surface area (Å²) in [6.07, 6.45) is 7.79. The Morgan fingerprint density at radius 3 is 2.85 bits per heavy atom. The van der Waals surface area contributed by atoms with Crippen molar-refractivity contribution in [2.75, 3.05) is 59.7 Å². The summed E-state index contributed by atoms with van der Waals surface area (Å²) < 4.78 is 10.5. The molecule has 0 aliphatic carbocycles. The van der Waals surface area contributed by atoms with E-state index in [0.29, 0.717) is 6.04 Å². The van der Waals surface area contributed by atoms with Gasteiger partial charge in [0, 0.05) is 52.5 Å². The number of likely N-dealkylation sites (tertiary alicyclic amines) is 1. The number of hydrogen-bond donors (Lipinski definition) is 2. The summed E-state index contributed by atoms with van der Waals surface area (Å²) in [5, 5.41) is 7.01. The van der Waals surface area contributed by atoms with E-state index in [1.54, 1.807) is 7.11 Å². The molecule has 0 saturated carbocycles. The van der Waals surface area contributed by atoms with E-state index >= 15 is 0 Å². The molecule has 26 heavy (non-hydrogen) atoms. The average Bonchev–Trinajstić information content (AvgIpc) is 2.64. The second-order valence-corrected chi connectivity index (χ2v) is 6.80. The topological polar surface area (TPSA) is 58.1 Å². The number of hydrogen-bond acceptors (Lipinski definition) is 4. The lowest BCUT2D eigenvalue weighted by Crippen LogP contribution is -2.48. The smallest absolute Gasteiger partial charge is 0.191 e. The Morgan fingerprint density at radius 2 is 2.19 bits per heavy atom. The molecule has 7 heteroatoms. The van der Waals surface area contributed by atoms with E-state index < -0.39 is 0 Å². The van der Waals surface area contributed by atoms with Gasteiger partial charge in [-0.15, -0.1) is 24.0 Å². The van der Waals surface area contributed by atoms with Gasteiger partial charge < -0.3 is 25.0 Å². The fourth-order valence-corrected chi connectivity index (χ4v) is 3.35. The molecular weight excluding hydrogens is 443 g/mol. The Morgan fingerprint density at radius 1 is 1.38 bits per heavy atom. The Balaban J connectivity index is 0.00000338. The quantitative estimate of drug-likeness (QED) is 0.175. The van der Waals surface area contributed by atoms with Gasteiger partial charge in [-0.1, -0.05) is 11.6 Å². The van der Waals surface area contributed by atoms with E-state index in [1.807, 2.05) is 0 Å². The van der Waals surface area contributed by atoms with Gasteiger partial charge in [-0.25, -0.2) is 0 Å². The van der Waals surface area contributed by atoms with Crippen molar-refractivity contribution in [3.05, 3.63) is 11.6 Å². The molecule has 0 atom stereocenters. The molecule has 2 aliphatic rings. The number of nitrogens with one attached hydrogen (secondary N) is 2. The van der Waals surface area contributed by atoms with Crippen LogP contribution in [0.3, 0.4) is 0 Å². The predicted molar refractivity (Wildman–Crippen MR) is 119 cm³/mol. The third kappa shape index (κ3) is 9.53. The van der Waals surface area contributed by atoms with Crippen LogP contribution >= 0.6 is 24.0 Å². The fourth-order valence-electron chi connectivity index (χ4n) is 3.35. The molecule has 0 aromatic carbocycles. The van der Waals surface area contributed by atoms with E-state index in [9.17, 15) is 0 Å². The second-order valence-electron chi connectivity index (χ2n) is 6.80. The van der Waals surface area contributed by atoms with Crippen molar-refractivity contribution in [2.24, 2.45) is 4.99 Å². The van der Waals surface area contributed by atoms with Gasteiger partial charge in [0.05, 0.1) is 13.2 Å². The minimum Gasteiger partial charge on any atom is -0.385 e. The third-order valence-electron chi connectivity index (χ3n) is 4.86. The Bertz CT molecular complexity index is 424. The van der Waals surface area contributed by atoms with Crippen LogP contribution in [0.5, 0.6) is 0 Å². The van der Waals surface area contributed by atoms with Crippen molar-refractivity contribution in [1.29, 1.82) is 0 Å². The summed E-state index contributed by atoms with van der Waals surface area (Å²) in [4.78, 5) is 7.30. The Labute approximate surface area is 176 Å². The average molecular weight is 480 g/mol. The molecule has 2 N–H and O–H groups in total. The highest BCUT2D eigenvalue weighted by atomic mass is 127. The van der Waals surface area contributed by atoms with Crippen molar-refractivity contribution < 1.29 is 9.47 Å². The molecule has 0 radical (unpaired) electrons. The van der Waals surface area contributed by atoms with Gasteiger partial charge in [-0.2, -0.15) is 0 Å². The summed E-state index contributed by atoms with van der Waals surface area (Å²) in [5.74, 6) is 0.966. The van der Waals surface area contributed by atoms with E-state index in [0.717, 1.165) is 77.8 Å². The highest BCUT2D eigenvalue weighted by Gasteiger charge is 2.19. The van der Waals surface area contributed by atoms with Crippen molar-refractivity contribution in [2.45, 2.75) is 45.1 Å². The summed E-state index contributed by atoms with van der Waals surface area (Å²) in [6.45, 7) is 9.82. The van der Waals surface area contributed by atoms with Crippen molar-refractivity contribution in [3.8, 4) is 0 Å². The molecule has 0 amide bonds. The molecule has 152 valence electrons. The summed E-state index contributed by atoms with van der Waals surface area (Å²) >= 11 is 0. The summed E-state index contributed by atoms with van der Waals surface area (Å²) in [5.41, 5.74) is 1.48. The zero-order valence-corrected chi connectivity index (χ0v) is 18.8. The number of piperidine rings is 1. The lowest BCUT2D eigenvalue weighted by atomic mass is 10.1. The predicted octanol–water partition coefficient (Wildman–Crippen LogP) is 2.40. The fraction of sp³-hybridized carbons (Fsp3) is 0.842. The first kappa shape index (κ1) is 23.7. The minimum atomic E-state index is 0. The lowest BCUT2D eigenvalue weighted by Gasteiger charge is -2.33. The van der Waals surface area contributed by atoms with Crippen LogP contribution in [0, 0.1) is 0 Å². The molecule has 0 aromatic heterocycles. The van der Waals surface area contributed by atoms with Crippen LogP contribution in [0.1, 0.15) is 39.0 Å².